The summed E-state index contributed by atoms with van der Waals surface area (Å²) in [5.74, 6) is 1.49. The van der Waals surface area contributed by atoms with Crippen LogP contribution in [0.5, 0.6) is 0 Å². The first-order valence-corrected chi connectivity index (χ1v) is 8.19. The van der Waals surface area contributed by atoms with E-state index in [2.05, 4.69) is 34.6 Å². The fourth-order valence-corrected chi connectivity index (χ4v) is 3.16. The van der Waals surface area contributed by atoms with Crippen molar-refractivity contribution in [2.45, 2.75) is 6.17 Å². The van der Waals surface area contributed by atoms with Crippen LogP contribution < -0.4 is 5.32 Å². The summed E-state index contributed by atoms with van der Waals surface area (Å²) in [7, 11) is 0. The molecule has 0 amide bonds. The molecule has 2 aromatic heterocycles. The SMILES string of the molecule is c1ccc(C2Nc3ccccc3-c3nc(-c4ccccn4)nn32)cc1. The third-order valence-corrected chi connectivity index (χ3v) is 4.35. The van der Waals surface area contributed by atoms with Crippen LogP contribution in [0.4, 0.5) is 5.69 Å². The van der Waals surface area contributed by atoms with Gasteiger partial charge < -0.3 is 5.32 Å². The van der Waals surface area contributed by atoms with E-state index in [0.29, 0.717) is 5.82 Å². The highest BCUT2D eigenvalue weighted by atomic mass is 15.4. The number of benzene rings is 2. The number of aromatic nitrogens is 4. The Bertz CT molecular complexity index is 1020. The van der Waals surface area contributed by atoms with Gasteiger partial charge in [0.2, 0.25) is 0 Å². The largest absolute Gasteiger partial charge is 0.359 e. The van der Waals surface area contributed by atoms with Crippen LogP contribution >= 0.6 is 0 Å². The molecule has 0 radical (unpaired) electrons. The lowest BCUT2D eigenvalue weighted by atomic mass is 10.1. The number of hydrogen-bond donors (Lipinski definition) is 1. The lowest BCUT2D eigenvalue weighted by Crippen LogP contribution is -2.25. The smallest absolute Gasteiger partial charge is 0.200 e. The summed E-state index contributed by atoms with van der Waals surface area (Å²) in [6, 6.07) is 24.2. The van der Waals surface area contributed by atoms with E-state index in [4.69, 9.17) is 10.1 Å². The van der Waals surface area contributed by atoms with Crippen LogP contribution in [0.15, 0.2) is 79.0 Å². The van der Waals surface area contributed by atoms with Crippen molar-refractivity contribution in [3.8, 4) is 22.9 Å². The number of hydrogen-bond acceptors (Lipinski definition) is 4. The Balaban J connectivity index is 1.72. The zero-order chi connectivity index (χ0) is 16.6. The van der Waals surface area contributed by atoms with Crippen molar-refractivity contribution in [2.75, 3.05) is 5.32 Å². The third-order valence-electron chi connectivity index (χ3n) is 4.35. The van der Waals surface area contributed by atoms with Gasteiger partial charge in [-0.05, 0) is 29.8 Å². The maximum absolute atomic E-state index is 4.79. The van der Waals surface area contributed by atoms with Crippen LogP contribution in [0.3, 0.4) is 0 Å². The van der Waals surface area contributed by atoms with Gasteiger partial charge in [0.25, 0.3) is 0 Å². The summed E-state index contributed by atoms with van der Waals surface area (Å²) in [6.07, 6.45) is 1.66. The van der Waals surface area contributed by atoms with Gasteiger partial charge in [0, 0.05) is 17.4 Å². The number of rotatable bonds is 2. The van der Waals surface area contributed by atoms with E-state index in [1.165, 1.54) is 0 Å². The van der Waals surface area contributed by atoms with Crippen LogP contribution in [-0.4, -0.2) is 19.7 Å². The number of pyridine rings is 1. The van der Waals surface area contributed by atoms with Crippen molar-refractivity contribution >= 4 is 5.69 Å². The minimum absolute atomic E-state index is 0.101. The molecular formula is C20H15N5. The van der Waals surface area contributed by atoms with Crippen molar-refractivity contribution in [3.05, 3.63) is 84.6 Å². The fourth-order valence-electron chi connectivity index (χ4n) is 3.16. The second-order valence-electron chi connectivity index (χ2n) is 5.92. The monoisotopic (exact) mass is 325 g/mol. The highest BCUT2D eigenvalue weighted by Gasteiger charge is 2.28. The normalized spacial score (nSPS) is 15.1. The topological polar surface area (TPSA) is 55.6 Å². The highest BCUT2D eigenvalue weighted by Crippen LogP contribution is 2.37. The van der Waals surface area contributed by atoms with Gasteiger partial charge >= 0.3 is 0 Å². The first-order valence-electron chi connectivity index (χ1n) is 8.19. The molecule has 0 aliphatic carbocycles. The fraction of sp³-hybridized carbons (Fsp3) is 0.0500. The van der Waals surface area contributed by atoms with E-state index in [0.717, 1.165) is 28.3 Å². The molecule has 1 aliphatic heterocycles. The van der Waals surface area contributed by atoms with Crippen LogP contribution in [-0.2, 0) is 0 Å². The predicted molar refractivity (Wildman–Crippen MR) is 96.9 cm³/mol. The van der Waals surface area contributed by atoms with Crippen LogP contribution in [0.1, 0.15) is 11.7 Å². The zero-order valence-corrected chi connectivity index (χ0v) is 13.4. The number of nitrogens with zero attached hydrogens (tertiary/aromatic N) is 4. The minimum atomic E-state index is -0.101. The van der Waals surface area contributed by atoms with E-state index in [-0.39, 0.29) is 6.17 Å². The van der Waals surface area contributed by atoms with Crippen molar-refractivity contribution in [1.82, 2.24) is 19.7 Å². The maximum atomic E-state index is 4.79. The van der Waals surface area contributed by atoms with Gasteiger partial charge in [0.1, 0.15) is 11.9 Å². The molecule has 5 heteroatoms. The Morgan fingerprint density at radius 1 is 0.840 bits per heavy atom. The Hall–Kier alpha value is -3.47. The lowest BCUT2D eigenvalue weighted by Gasteiger charge is -2.28. The zero-order valence-electron chi connectivity index (χ0n) is 13.4. The standard InChI is InChI=1S/C20H15N5/c1-2-8-14(9-3-1)19-22-16-11-5-4-10-15(16)20-23-18(24-25(19)20)17-12-6-7-13-21-17/h1-13,19,22H. The Kier molecular flexibility index (Phi) is 3.10. The van der Waals surface area contributed by atoms with Gasteiger partial charge in [-0.3, -0.25) is 4.98 Å². The van der Waals surface area contributed by atoms with E-state index in [1.54, 1.807) is 6.20 Å². The highest BCUT2D eigenvalue weighted by molar-refractivity contribution is 5.77. The average molecular weight is 325 g/mol. The molecule has 5 rings (SSSR count). The Morgan fingerprint density at radius 2 is 1.64 bits per heavy atom. The summed E-state index contributed by atoms with van der Waals surface area (Å²) >= 11 is 0. The van der Waals surface area contributed by atoms with Crippen LogP contribution in [0.2, 0.25) is 0 Å². The number of para-hydroxylation sites is 1. The van der Waals surface area contributed by atoms with Crippen molar-refractivity contribution < 1.29 is 0 Å². The van der Waals surface area contributed by atoms with Gasteiger partial charge in [0.15, 0.2) is 11.6 Å². The van der Waals surface area contributed by atoms with Gasteiger partial charge in [0.05, 0.1) is 0 Å². The molecule has 1 unspecified atom stereocenters. The molecule has 0 fully saturated rings. The third kappa shape index (κ3) is 2.29. The molecule has 4 aromatic rings. The first-order chi connectivity index (χ1) is 12.4. The molecule has 1 aliphatic rings. The van der Waals surface area contributed by atoms with Crippen LogP contribution in [0, 0.1) is 0 Å². The molecule has 120 valence electrons. The summed E-state index contributed by atoms with van der Waals surface area (Å²) in [5.41, 5.74) is 4.01. The molecule has 0 saturated carbocycles. The summed E-state index contributed by atoms with van der Waals surface area (Å²) in [5, 5.41) is 8.33. The number of fused-ring (bicyclic) bond motifs is 3. The quantitative estimate of drug-likeness (QED) is 0.606. The molecule has 0 bridgehead atoms. The summed E-state index contributed by atoms with van der Waals surface area (Å²) in [4.78, 5) is 9.17. The van der Waals surface area contributed by atoms with E-state index in [1.807, 2.05) is 53.2 Å². The van der Waals surface area contributed by atoms with Gasteiger partial charge in [-0.2, -0.15) is 0 Å². The van der Waals surface area contributed by atoms with Crippen LogP contribution in [0.25, 0.3) is 22.9 Å². The van der Waals surface area contributed by atoms with E-state index in [9.17, 15) is 0 Å². The molecule has 0 spiro atoms. The lowest BCUT2D eigenvalue weighted by molar-refractivity contribution is 0.575. The number of anilines is 1. The molecule has 1 N–H and O–H groups in total. The molecule has 5 nitrogen and oxygen atoms in total. The van der Waals surface area contributed by atoms with Crippen molar-refractivity contribution in [3.63, 3.8) is 0 Å². The molecule has 1 atom stereocenters. The molecule has 25 heavy (non-hydrogen) atoms. The van der Waals surface area contributed by atoms with Crippen molar-refractivity contribution in [2.24, 2.45) is 0 Å². The molecular weight excluding hydrogens is 310 g/mol. The molecule has 2 aromatic carbocycles. The van der Waals surface area contributed by atoms with Crippen molar-refractivity contribution in [1.29, 1.82) is 0 Å². The predicted octanol–water partition coefficient (Wildman–Crippen LogP) is 3.98. The summed E-state index contributed by atoms with van der Waals surface area (Å²) in [6.45, 7) is 0. The second kappa shape index (κ2) is 5.56. The van der Waals surface area contributed by atoms with Gasteiger partial charge in [-0.25, -0.2) is 9.67 Å². The Morgan fingerprint density at radius 3 is 2.48 bits per heavy atom. The Labute approximate surface area is 145 Å². The van der Waals surface area contributed by atoms with E-state index >= 15 is 0 Å². The molecule has 3 heterocycles. The number of nitrogens with one attached hydrogen (secondary N) is 1. The second-order valence-corrected chi connectivity index (χ2v) is 5.92. The average Bonchev–Trinajstić information content (AvgIpc) is 3.14. The molecule has 0 saturated heterocycles. The first kappa shape index (κ1) is 13.9. The summed E-state index contributed by atoms with van der Waals surface area (Å²) < 4.78 is 1.95. The van der Waals surface area contributed by atoms with Gasteiger partial charge in [-0.15, -0.1) is 5.10 Å². The minimum Gasteiger partial charge on any atom is -0.359 e. The van der Waals surface area contributed by atoms with Gasteiger partial charge in [-0.1, -0.05) is 48.5 Å². The van der Waals surface area contributed by atoms with E-state index < -0.39 is 0 Å². The maximum Gasteiger partial charge on any atom is 0.200 e.